The van der Waals surface area contributed by atoms with Gasteiger partial charge in [0, 0.05) is 6.04 Å². The van der Waals surface area contributed by atoms with Gasteiger partial charge in [0.2, 0.25) is 10.0 Å². The molecule has 0 N–H and O–H groups in total. The lowest BCUT2D eigenvalue weighted by atomic mass is 10.2. The van der Waals surface area contributed by atoms with E-state index in [9.17, 15) is 8.42 Å². The first-order valence-corrected chi connectivity index (χ1v) is 10.2. The van der Waals surface area contributed by atoms with E-state index in [0.717, 1.165) is 29.7 Å². The highest BCUT2D eigenvalue weighted by atomic mass is 32.2. The van der Waals surface area contributed by atoms with E-state index in [0.29, 0.717) is 11.6 Å². The molecule has 0 aromatic heterocycles. The Labute approximate surface area is 150 Å². The molecular weight excluding hydrogens is 334 g/mol. The molecule has 0 saturated heterocycles. The van der Waals surface area contributed by atoms with Crippen molar-refractivity contribution in [3.8, 4) is 5.75 Å². The van der Waals surface area contributed by atoms with Crippen molar-refractivity contribution in [1.82, 2.24) is 0 Å². The van der Waals surface area contributed by atoms with E-state index in [2.05, 4.69) is 0 Å². The molecule has 4 nitrogen and oxygen atoms in total. The van der Waals surface area contributed by atoms with Crippen LogP contribution in [0.2, 0.25) is 0 Å². The zero-order valence-electron chi connectivity index (χ0n) is 15.0. The molecule has 1 saturated carbocycles. The maximum atomic E-state index is 13.2. The molecule has 0 aliphatic heterocycles. The van der Waals surface area contributed by atoms with Gasteiger partial charge in [-0.05, 0) is 62.4 Å². The molecule has 1 fully saturated rings. The van der Waals surface area contributed by atoms with Gasteiger partial charge in [-0.15, -0.1) is 0 Å². The quantitative estimate of drug-likeness (QED) is 0.746. The van der Waals surface area contributed by atoms with E-state index in [1.165, 1.54) is 0 Å². The van der Waals surface area contributed by atoms with Gasteiger partial charge in [-0.3, -0.25) is 4.31 Å². The Bertz CT molecular complexity index is 826. The van der Waals surface area contributed by atoms with Crippen LogP contribution in [0.15, 0.2) is 48.5 Å². The first-order chi connectivity index (χ1) is 11.9. The van der Waals surface area contributed by atoms with Crippen LogP contribution in [0.4, 0.5) is 5.69 Å². The molecular formula is C20H25NO3S. The molecule has 1 unspecified atom stereocenters. The van der Waals surface area contributed by atoms with Crippen molar-refractivity contribution in [3.05, 3.63) is 59.7 Å². The topological polar surface area (TPSA) is 46.6 Å². The Balaban J connectivity index is 1.94. The number of methoxy groups -OCH3 is 1. The first-order valence-electron chi connectivity index (χ1n) is 8.62. The average Bonchev–Trinajstić information content (AvgIpc) is 3.40. The fraction of sp³-hybridized carbons (Fsp3) is 0.400. The predicted molar refractivity (Wildman–Crippen MR) is 101 cm³/mol. The van der Waals surface area contributed by atoms with Crippen LogP contribution < -0.4 is 9.04 Å². The van der Waals surface area contributed by atoms with E-state index in [1.54, 1.807) is 11.4 Å². The number of nitrogens with zero attached hydrogens (tertiary/aromatic N) is 1. The second-order valence-electron chi connectivity index (χ2n) is 6.82. The van der Waals surface area contributed by atoms with Gasteiger partial charge in [0.05, 0.1) is 18.6 Å². The number of benzene rings is 2. The van der Waals surface area contributed by atoms with Crippen molar-refractivity contribution in [1.29, 1.82) is 0 Å². The first kappa shape index (κ1) is 17.8. The molecule has 1 aliphatic rings. The largest absolute Gasteiger partial charge is 0.497 e. The number of aryl methyl sites for hydroxylation is 1. The summed E-state index contributed by atoms with van der Waals surface area (Å²) in [5.74, 6) is 1.17. The van der Waals surface area contributed by atoms with Crippen molar-refractivity contribution in [2.24, 2.45) is 5.92 Å². The molecule has 1 aliphatic carbocycles. The van der Waals surface area contributed by atoms with E-state index in [-0.39, 0.29) is 11.8 Å². The highest BCUT2D eigenvalue weighted by molar-refractivity contribution is 7.92. The van der Waals surface area contributed by atoms with Crippen LogP contribution in [0, 0.1) is 12.8 Å². The maximum absolute atomic E-state index is 13.2. The fourth-order valence-electron chi connectivity index (χ4n) is 3.23. The van der Waals surface area contributed by atoms with Crippen molar-refractivity contribution >= 4 is 15.7 Å². The molecule has 3 rings (SSSR count). The van der Waals surface area contributed by atoms with Gasteiger partial charge in [-0.1, -0.05) is 29.8 Å². The van der Waals surface area contributed by atoms with E-state index in [4.69, 9.17) is 4.74 Å². The Morgan fingerprint density at radius 1 is 1.16 bits per heavy atom. The minimum Gasteiger partial charge on any atom is -0.497 e. The van der Waals surface area contributed by atoms with Crippen LogP contribution in [0.3, 0.4) is 0 Å². The number of rotatable bonds is 7. The third-order valence-electron chi connectivity index (χ3n) is 4.73. The molecule has 0 radical (unpaired) electrons. The highest BCUT2D eigenvalue weighted by Crippen LogP contribution is 2.39. The fourth-order valence-corrected chi connectivity index (χ4v) is 5.09. The van der Waals surface area contributed by atoms with E-state index < -0.39 is 10.0 Å². The number of ether oxygens (including phenoxy) is 1. The van der Waals surface area contributed by atoms with Crippen molar-refractivity contribution < 1.29 is 13.2 Å². The number of hydrogen-bond acceptors (Lipinski definition) is 3. The van der Waals surface area contributed by atoms with Gasteiger partial charge < -0.3 is 4.74 Å². The summed E-state index contributed by atoms with van der Waals surface area (Å²) in [5.41, 5.74) is 2.59. The summed E-state index contributed by atoms with van der Waals surface area (Å²) in [4.78, 5) is 0. The Hall–Kier alpha value is -2.01. The minimum absolute atomic E-state index is 0.0117. The molecule has 1 atom stereocenters. The van der Waals surface area contributed by atoms with Gasteiger partial charge >= 0.3 is 0 Å². The monoisotopic (exact) mass is 359 g/mol. The van der Waals surface area contributed by atoms with E-state index in [1.807, 2.05) is 62.4 Å². The summed E-state index contributed by atoms with van der Waals surface area (Å²) < 4.78 is 33.3. The van der Waals surface area contributed by atoms with Gasteiger partial charge in [0.15, 0.2) is 0 Å². The summed E-state index contributed by atoms with van der Waals surface area (Å²) in [6, 6.07) is 14.9. The van der Waals surface area contributed by atoms with Gasteiger partial charge in [-0.25, -0.2) is 8.42 Å². The predicted octanol–water partition coefficient (Wildman–Crippen LogP) is 4.14. The highest BCUT2D eigenvalue weighted by Gasteiger charge is 2.37. The molecule has 25 heavy (non-hydrogen) atoms. The van der Waals surface area contributed by atoms with Crippen molar-refractivity contribution in [2.45, 2.75) is 38.5 Å². The third kappa shape index (κ3) is 4.15. The summed E-state index contributed by atoms with van der Waals surface area (Å²) in [6.45, 7) is 3.99. The molecule has 5 heteroatoms. The SMILES string of the molecule is COc1ccc(N(C(C)C2CC2)S(=O)(=O)Cc2cccc(C)c2)cc1. The second-order valence-corrected chi connectivity index (χ2v) is 8.66. The number of sulfonamides is 1. The van der Waals surface area contributed by atoms with Crippen LogP contribution in [0.5, 0.6) is 5.75 Å². The summed E-state index contributed by atoms with van der Waals surface area (Å²) in [5, 5.41) is 0. The smallest absolute Gasteiger partial charge is 0.239 e. The Morgan fingerprint density at radius 2 is 1.84 bits per heavy atom. The maximum Gasteiger partial charge on any atom is 0.239 e. The Morgan fingerprint density at radius 3 is 2.40 bits per heavy atom. The van der Waals surface area contributed by atoms with Gasteiger partial charge in [0.25, 0.3) is 0 Å². The number of anilines is 1. The zero-order chi connectivity index (χ0) is 18.0. The average molecular weight is 359 g/mol. The Kier molecular flexibility index (Phi) is 5.04. The van der Waals surface area contributed by atoms with Gasteiger partial charge in [-0.2, -0.15) is 0 Å². The molecule has 2 aromatic rings. The van der Waals surface area contributed by atoms with Crippen LogP contribution in [-0.2, 0) is 15.8 Å². The zero-order valence-corrected chi connectivity index (χ0v) is 15.8. The standard InChI is InChI=1S/C20H25NO3S/c1-15-5-4-6-17(13-15)14-25(22,23)21(16(2)18-7-8-18)19-9-11-20(24-3)12-10-19/h4-6,9-13,16,18H,7-8,14H2,1-3H3. The normalized spacial score (nSPS) is 15.6. The van der Waals surface area contributed by atoms with Gasteiger partial charge in [0.1, 0.15) is 5.75 Å². The lowest BCUT2D eigenvalue weighted by Gasteiger charge is -2.31. The van der Waals surface area contributed by atoms with Crippen LogP contribution in [-0.4, -0.2) is 21.6 Å². The molecule has 0 bridgehead atoms. The lowest BCUT2D eigenvalue weighted by Crippen LogP contribution is -2.40. The second kappa shape index (κ2) is 7.08. The molecule has 0 heterocycles. The molecule has 2 aromatic carbocycles. The molecule has 0 amide bonds. The van der Waals surface area contributed by atoms with Crippen LogP contribution >= 0.6 is 0 Å². The summed E-state index contributed by atoms with van der Waals surface area (Å²) >= 11 is 0. The number of hydrogen-bond donors (Lipinski definition) is 0. The van der Waals surface area contributed by atoms with Crippen LogP contribution in [0.1, 0.15) is 30.9 Å². The van der Waals surface area contributed by atoms with Crippen LogP contribution in [0.25, 0.3) is 0 Å². The summed E-state index contributed by atoms with van der Waals surface area (Å²) in [7, 11) is -1.87. The van der Waals surface area contributed by atoms with Crippen molar-refractivity contribution in [3.63, 3.8) is 0 Å². The molecule has 0 spiro atoms. The third-order valence-corrected chi connectivity index (χ3v) is 6.57. The molecule has 134 valence electrons. The summed E-state index contributed by atoms with van der Waals surface area (Å²) in [6.07, 6.45) is 2.18. The van der Waals surface area contributed by atoms with Crippen molar-refractivity contribution in [2.75, 3.05) is 11.4 Å². The lowest BCUT2D eigenvalue weighted by molar-refractivity contribution is 0.415. The van der Waals surface area contributed by atoms with E-state index >= 15 is 0 Å². The minimum atomic E-state index is -3.48.